The van der Waals surface area contributed by atoms with Crippen molar-refractivity contribution in [2.45, 2.75) is 30.6 Å². The molecule has 2 aromatic carbocycles. The largest absolute Gasteiger partial charge is 0.419 e. The number of rotatable bonds is 8. The number of nitrogens with two attached hydrogens (primary N) is 1. The summed E-state index contributed by atoms with van der Waals surface area (Å²) in [7, 11) is 1.62. The van der Waals surface area contributed by atoms with Crippen molar-refractivity contribution in [1.82, 2.24) is 15.2 Å². The van der Waals surface area contributed by atoms with Gasteiger partial charge >= 0.3 is 6.18 Å². The summed E-state index contributed by atoms with van der Waals surface area (Å²) in [4.78, 5) is 31.1. The van der Waals surface area contributed by atoms with Crippen LogP contribution in [0.2, 0.25) is 0 Å². The fraction of sp³-hybridized carbons (Fsp3) is 0.276. The Bertz CT molecular complexity index is 1650. The molecule has 0 aliphatic carbocycles. The molecule has 43 heavy (non-hydrogen) atoms. The molecule has 0 fully saturated rings. The predicted molar refractivity (Wildman–Crippen MR) is 142 cm³/mol. The van der Waals surface area contributed by atoms with Crippen molar-refractivity contribution in [3.05, 3.63) is 100 Å². The maximum atomic E-state index is 14.5. The van der Waals surface area contributed by atoms with Gasteiger partial charge in [-0.1, -0.05) is 12.1 Å². The lowest BCUT2D eigenvalue weighted by Gasteiger charge is -2.31. The smallest absolute Gasteiger partial charge is 0.366 e. The molecule has 0 radical (unpaired) electrons. The van der Waals surface area contributed by atoms with Gasteiger partial charge in [-0.2, -0.15) is 23.4 Å². The van der Waals surface area contributed by atoms with Crippen LogP contribution in [0.15, 0.2) is 76.2 Å². The van der Waals surface area contributed by atoms with E-state index in [4.69, 9.17) is 5.73 Å². The fourth-order valence-electron chi connectivity index (χ4n) is 5.38. The van der Waals surface area contributed by atoms with Crippen LogP contribution < -0.4 is 11.1 Å². The monoisotopic (exact) mass is 602 g/mol. The van der Waals surface area contributed by atoms with Gasteiger partial charge in [0.2, 0.25) is 11.4 Å². The lowest BCUT2D eigenvalue weighted by molar-refractivity contribution is -0.179. The number of likely N-dealkylation sites (N-methyl/N-ethyl adjacent to an activating group) is 1. The molecular weight excluding hydrogens is 578 g/mol. The predicted octanol–water partition coefficient (Wildman–Crippen LogP) is 5.02. The van der Waals surface area contributed by atoms with E-state index in [1.807, 2.05) is 0 Å². The molecule has 3 N–H and O–H groups in total. The van der Waals surface area contributed by atoms with Crippen LogP contribution in [0.25, 0.3) is 11.1 Å². The van der Waals surface area contributed by atoms with E-state index in [1.54, 1.807) is 11.9 Å². The highest BCUT2D eigenvalue weighted by Crippen LogP contribution is 2.49. The minimum absolute atomic E-state index is 0.0739. The summed E-state index contributed by atoms with van der Waals surface area (Å²) in [5.41, 5.74) is 2.68. The van der Waals surface area contributed by atoms with Crippen molar-refractivity contribution in [2.24, 2.45) is 16.0 Å². The number of hydrogen-bond donors (Lipinski definition) is 2. The minimum Gasteiger partial charge on any atom is -0.366 e. The molecule has 2 amide bonds. The molecule has 0 spiro atoms. The second kappa shape index (κ2) is 11.2. The second-order valence-electron chi connectivity index (χ2n) is 10.4. The normalized spacial score (nSPS) is 19.0. The number of halogens is 6. The van der Waals surface area contributed by atoms with E-state index < -0.39 is 59.0 Å². The first kappa shape index (κ1) is 29.9. The SMILES string of the molecule is CN1CC2=C(C1)[C@@](CC(=O)NC(Cc1cc(F)cc(F)c1)c1ncccc1-c1ccc(F)c(C(N)=O)c1)(C(F)(F)F)N=N2. The van der Waals surface area contributed by atoms with Crippen LogP contribution in [-0.4, -0.2) is 53.6 Å². The Kier molecular flexibility index (Phi) is 7.82. The number of pyridine rings is 1. The van der Waals surface area contributed by atoms with Crippen LogP contribution in [0.4, 0.5) is 26.3 Å². The lowest BCUT2D eigenvalue weighted by atomic mass is 9.86. The number of carbonyl (C=O) groups is 2. The van der Waals surface area contributed by atoms with E-state index in [-0.39, 0.29) is 53.2 Å². The Morgan fingerprint density at radius 2 is 1.79 bits per heavy atom. The quantitative estimate of drug-likeness (QED) is 0.353. The fourth-order valence-corrected chi connectivity index (χ4v) is 5.38. The summed E-state index contributed by atoms with van der Waals surface area (Å²) >= 11 is 0. The van der Waals surface area contributed by atoms with Crippen LogP contribution >= 0.6 is 0 Å². The van der Waals surface area contributed by atoms with Crippen LogP contribution in [-0.2, 0) is 11.2 Å². The molecule has 0 saturated carbocycles. The maximum Gasteiger partial charge on any atom is 0.419 e. The summed E-state index contributed by atoms with van der Waals surface area (Å²) in [6.07, 6.45) is -5.03. The second-order valence-corrected chi connectivity index (χ2v) is 10.4. The van der Waals surface area contributed by atoms with Crippen LogP contribution in [0, 0.1) is 17.5 Å². The molecule has 2 aliphatic heterocycles. The number of carbonyl (C=O) groups excluding carboxylic acids is 2. The van der Waals surface area contributed by atoms with Gasteiger partial charge in [0.05, 0.1) is 29.4 Å². The summed E-state index contributed by atoms with van der Waals surface area (Å²) in [6, 6.07) is 7.99. The number of nitrogens with one attached hydrogen (secondary N) is 1. The minimum atomic E-state index is -4.95. The van der Waals surface area contributed by atoms with Crippen molar-refractivity contribution in [2.75, 3.05) is 20.1 Å². The Hall–Kier alpha value is -4.59. The van der Waals surface area contributed by atoms with E-state index in [0.717, 1.165) is 18.2 Å². The number of nitrogens with zero attached hydrogens (tertiary/aromatic N) is 4. The van der Waals surface area contributed by atoms with Crippen molar-refractivity contribution in [3.63, 3.8) is 0 Å². The Morgan fingerprint density at radius 1 is 1.07 bits per heavy atom. The van der Waals surface area contributed by atoms with Crippen molar-refractivity contribution >= 4 is 11.8 Å². The first-order chi connectivity index (χ1) is 20.3. The molecule has 1 unspecified atom stereocenters. The number of hydrogen-bond acceptors (Lipinski definition) is 6. The highest BCUT2D eigenvalue weighted by Gasteiger charge is 2.63. The third kappa shape index (κ3) is 5.87. The van der Waals surface area contributed by atoms with Gasteiger partial charge in [-0.05, 0) is 54.9 Å². The van der Waals surface area contributed by atoms with Crippen molar-refractivity contribution in [3.8, 4) is 11.1 Å². The van der Waals surface area contributed by atoms with Gasteiger partial charge in [0.1, 0.15) is 17.5 Å². The number of azo groups is 1. The Morgan fingerprint density at radius 3 is 2.47 bits per heavy atom. The van der Waals surface area contributed by atoms with E-state index >= 15 is 0 Å². The molecule has 0 saturated heterocycles. The Balaban J connectivity index is 1.54. The molecule has 8 nitrogen and oxygen atoms in total. The zero-order valence-electron chi connectivity index (χ0n) is 22.6. The summed E-state index contributed by atoms with van der Waals surface area (Å²) in [5, 5.41) is 9.80. The standard InChI is InChI=1S/C29H24F6N6O2/c1-41-13-21-24(14-41)39-40-28(21,29(33,34)35)12-25(42)38-23(9-15-7-17(30)11-18(31)8-15)26-19(3-2-6-37-26)16-4-5-22(32)20(10-16)27(36)43/h2-8,10-11,23H,9,12-14H2,1H3,(H2,36,43)(H,38,42)/t23?,28-/m0/s1. The molecular formula is C29H24F6N6O2. The van der Waals surface area contributed by atoms with Gasteiger partial charge < -0.3 is 11.1 Å². The number of benzene rings is 2. The van der Waals surface area contributed by atoms with Crippen molar-refractivity contribution < 1.29 is 35.9 Å². The summed E-state index contributed by atoms with van der Waals surface area (Å²) in [6.45, 7) is 0.0621. The molecule has 3 heterocycles. The molecule has 2 aliphatic rings. The van der Waals surface area contributed by atoms with E-state index in [0.29, 0.717) is 6.07 Å². The molecule has 0 bridgehead atoms. The van der Waals surface area contributed by atoms with Gasteiger partial charge in [0.25, 0.3) is 5.91 Å². The third-order valence-electron chi connectivity index (χ3n) is 7.33. The van der Waals surface area contributed by atoms with Gasteiger partial charge in [-0.3, -0.25) is 19.5 Å². The maximum absolute atomic E-state index is 14.5. The first-order valence-electron chi connectivity index (χ1n) is 13.0. The van der Waals surface area contributed by atoms with E-state index in [2.05, 4.69) is 20.5 Å². The molecule has 14 heteroatoms. The average Bonchev–Trinajstić information content (AvgIpc) is 3.45. The Labute approximate surface area is 241 Å². The molecule has 3 aromatic rings. The first-order valence-corrected chi connectivity index (χ1v) is 13.0. The van der Waals surface area contributed by atoms with Gasteiger partial charge in [0.15, 0.2) is 0 Å². The van der Waals surface area contributed by atoms with Crippen LogP contribution in [0.5, 0.6) is 0 Å². The summed E-state index contributed by atoms with van der Waals surface area (Å²) < 4.78 is 85.9. The molecule has 1 aromatic heterocycles. The highest BCUT2D eigenvalue weighted by atomic mass is 19.4. The van der Waals surface area contributed by atoms with Gasteiger partial charge in [-0.15, -0.1) is 0 Å². The van der Waals surface area contributed by atoms with E-state index in [9.17, 15) is 35.9 Å². The number of amides is 2. The van der Waals surface area contributed by atoms with Crippen LogP contribution in [0.3, 0.4) is 0 Å². The zero-order valence-corrected chi connectivity index (χ0v) is 22.6. The molecule has 2 atom stereocenters. The number of aromatic nitrogens is 1. The zero-order chi connectivity index (χ0) is 31.1. The molecule has 224 valence electrons. The highest BCUT2D eigenvalue weighted by molar-refractivity contribution is 5.94. The third-order valence-corrected chi connectivity index (χ3v) is 7.33. The number of primary amides is 1. The lowest BCUT2D eigenvalue weighted by Crippen LogP contribution is -2.49. The topological polar surface area (TPSA) is 113 Å². The molecule has 5 rings (SSSR count). The van der Waals surface area contributed by atoms with E-state index in [1.165, 1.54) is 30.5 Å². The summed E-state index contributed by atoms with van der Waals surface area (Å²) in [5.74, 6) is -4.80. The average molecular weight is 603 g/mol. The van der Waals surface area contributed by atoms with Gasteiger partial charge in [0, 0.05) is 36.5 Å². The number of alkyl halides is 3. The van der Waals surface area contributed by atoms with Gasteiger partial charge in [-0.25, -0.2) is 13.2 Å². The van der Waals surface area contributed by atoms with Crippen molar-refractivity contribution in [1.29, 1.82) is 0 Å². The van der Waals surface area contributed by atoms with Crippen LogP contribution in [0.1, 0.15) is 34.1 Å².